The van der Waals surface area contributed by atoms with Crippen LogP contribution in [0.1, 0.15) is 34.1 Å². The molecule has 4 heteroatoms. The first-order valence-electron chi connectivity index (χ1n) is 5.56. The SMILES string of the molecule is CCOC1CC(NC(C)C(N)=O)C1(C)C. The predicted molar refractivity (Wildman–Crippen MR) is 59.4 cm³/mol. The first-order chi connectivity index (χ1) is 6.89. The van der Waals surface area contributed by atoms with Gasteiger partial charge in [-0.1, -0.05) is 13.8 Å². The Morgan fingerprint density at radius 3 is 2.67 bits per heavy atom. The summed E-state index contributed by atoms with van der Waals surface area (Å²) in [6.45, 7) is 8.85. The van der Waals surface area contributed by atoms with Gasteiger partial charge in [-0.2, -0.15) is 0 Å². The minimum absolute atomic E-state index is 0.0831. The van der Waals surface area contributed by atoms with E-state index < -0.39 is 0 Å². The summed E-state index contributed by atoms with van der Waals surface area (Å²) in [5.74, 6) is -0.300. The van der Waals surface area contributed by atoms with E-state index in [1.165, 1.54) is 0 Å². The third-order valence-electron chi connectivity index (χ3n) is 3.42. The highest BCUT2D eigenvalue weighted by molar-refractivity contribution is 5.79. The molecule has 1 rings (SSSR count). The van der Waals surface area contributed by atoms with Crippen LogP contribution in [0.15, 0.2) is 0 Å². The van der Waals surface area contributed by atoms with Crippen LogP contribution in [0, 0.1) is 5.41 Å². The Bertz CT molecular complexity index is 241. The monoisotopic (exact) mass is 214 g/mol. The van der Waals surface area contributed by atoms with Gasteiger partial charge in [0.05, 0.1) is 12.1 Å². The largest absolute Gasteiger partial charge is 0.378 e. The number of hydrogen-bond donors (Lipinski definition) is 2. The lowest BCUT2D eigenvalue weighted by atomic mass is 9.64. The lowest BCUT2D eigenvalue weighted by Crippen LogP contribution is -2.63. The molecule has 1 amide bonds. The van der Waals surface area contributed by atoms with Crippen molar-refractivity contribution in [1.82, 2.24) is 5.32 Å². The first kappa shape index (κ1) is 12.5. The van der Waals surface area contributed by atoms with Crippen LogP contribution in [-0.2, 0) is 9.53 Å². The van der Waals surface area contributed by atoms with Crippen LogP contribution in [0.5, 0.6) is 0 Å². The highest BCUT2D eigenvalue weighted by Crippen LogP contribution is 2.42. The molecule has 1 saturated carbocycles. The number of carbonyl (C=O) groups excluding carboxylic acids is 1. The Morgan fingerprint density at radius 2 is 2.27 bits per heavy atom. The zero-order valence-electron chi connectivity index (χ0n) is 10.0. The number of primary amides is 1. The van der Waals surface area contributed by atoms with Crippen LogP contribution in [0.4, 0.5) is 0 Å². The minimum atomic E-state index is -0.300. The van der Waals surface area contributed by atoms with E-state index in [-0.39, 0.29) is 17.4 Å². The van der Waals surface area contributed by atoms with Crippen molar-refractivity contribution in [2.24, 2.45) is 11.1 Å². The number of nitrogens with one attached hydrogen (secondary N) is 1. The summed E-state index contributed by atoms with van der Waals surface area (Å²) < 4.78 is 5.61. The molecule has 15 heavy (non-hydrogen) atoms. The van der Waals surface area contributed by atoms with Gasteiger partial charge >= 0.3 is 0 Å². The van der Waals surface area contributed by atoms with Crippen molar-refractivity contribution in [3.63, 3.8) is 0 Å². The Hall–Kier alpha value is -0.610. The lowest BCUT2D eigenvalue weighted by Gasteiger charge is -2.52. The van der Waals surface area contributed by atoms with Crippen molar-refractivity contribution in [3.05, 3.63) is 0 Å². The van der Waals surface area contributed by atoms with Crippen molar-refractivity contribution in [3.8, 4) is 0 Å². The van der Waals surface area contributed by atoms with Crippen LogP contribution in [-0.4, -0.2) is 30.7 Å². The molecule has 3 atom stereocenters. The molecule has 3 N–H and O–H groups in total. The van der Waals surface area contributed by atoms with E-state index in [1.54, 1.807) is 6.92 Å². The molecule has 0 aromatic rings. The van der Waals surface area contributed by atoms with Crippen molar-refractivity contribution < 1.29 is 9.53 Å². The fraction of sp³-hybridized carbons (Fsp3) is 0.909. The van der Waals surface area contributed by atoms with Crippen LogP contribution >= 0.6 is 0 Å². The summed E-state index contributed by atoms with van der Waals surface area (Å²) in [5.41, 5.74) is 5.30. The number of amides is 1. The number of hydrogen-bond acceptors (Lipinski definition) is 3. The second-order valence-corrected chi connectivity index (χ2v) is 4.84. The Morgan fingerprint density at radius 1 is 1.67 bits per heavy atom. The Balaban J connectivity index is 2.44. The molecule has 0 radical (unpaired) electrons. The number of carbonyl (C=O) groups is 1. The molecule has 0 aromatic heterocycles. The fourth-order valence-corrected chi connectivity index (χ4v) is 2.04. The summed E-state index contributed by atoms with van der Waals surface area (Å²) in [6, 6.07) is 0.0494. The second kappa shape index (κ2) is 4.49. The molecular formula is C11H22N2O2. The van der Waals surface area contributed by atoms with E-state index in [0.29, 0.717) is 12.1 Å². The average Bonchev–Trinajstić information content (AvgIpc) is 2.16. The maximum atomic E-state index is 10.9. The van der Waals surface area contributed by atoms with Gasteiger partial charge in [0.25, 0.3) is 0 Å². The van der Waals surface area contributed by atoms with Gasteiger partial charge in [-0.3, -0.25) is 4.79 Å². The summed E-state index contributed by atoms with van der Waals surface area (Å²) in [6.07, 6.45) is 1.25. The smallest absolute Gasteiger partial charge is 0.234 e. The molecule has 0 bridgehead atoms. The topological polar surface area (TPSA) is 64.3 Å². The summed E-state index contributed by atoms with van der Waals surface area (Å²) >= 11 is 0. The normalized spacial score (nSPS) is 30.7. The molecule has 4 nitrogen and oxygen atoms in total. The molecule has 0 spiro atoms. The standard InChI is InChI=1S/C11H22N2O2/c1-5-15-9-6-8(11(9,3)4)13-7(2)10(12)14/h7-9,13H,5-6H2,1-4H3,(H2,12,14). The molecule has 0 aliphatic heterocycles. The quantitative estimate of drug-likeness (QED) is 0.706. The molecular weight excluding hydrogens is 192 g/mol. The van der Waals surface area contributed by atoms with Gasteiger partial charge in [0.1, 0.15) is 0 Å². The molecule has 3 unspecified atom stereocenters. The van der Waals surface area contributed by atoms with Crippen LogP contribution in [0.2, 0.25) is 0 Å². The highest BCUT2D eigenvalue weighted by atomic mass is 16.5. The third kappa shape index (κ3) is 2.49. The van der Waals surface area contributed by atoms with Gasteiger partial charge in [-0.05, 0) is 20.3 Å². The molecule has 88 valence electrons. The number of rotatable bonds is 5. The van der Waals surface area contributed by atoms with Crippen LogP contribution in [0.25, 0.3) is 0 Å². The Labute approximate surface area is 91.5 Å². The first-order valence-corrected chi connectivity index (χ1v) is 5.56. The van der Waals surface area contributed by atoms with Gasteiger partial charge < -0.3 is 15.8 Å². The van der Waals surface area contributed by atoms with E-state index in [9.17, 15) is 4.79 Å². The predicted octanol–water partition coefficient (Wildman–Crippen LogP) is 0.653. The minimum Gasteiger partial charge on any atom is -0.378 e. The van der Waals surface area contributed by atoms with E-state index in [1.807, 2.05) is 6.92 Å². The fourth-order valence-electron chi connectivity index (χ4n) is 2.04. The zero-order valence-corrected chi connectivity index (χ0v) is 10.0. The van der Waals surface area contributed by atoms with Crippen molar-refractivity contribution in [1.29, 1.82) is 0 Å². The maximum Gasteiger partial charge on any atom is 0.234 e. The molecule has 0 aromatic carbocycles. The molecule has 0 saturated heterocycles. The summed E-state index contributed by atoms with van der Waals surface area (Å²) in [4.78, 5) is 10.9. The van der Waals surface area contributed by atoms with E-state index in [4.69, 9.17) is 10.5 Å². The molecule has 1 fully saturated rings. The number of nitrogens with two attached hydrogens (primary N) is 1. The summed E-state index contributed by atoms with van der Waals surface area (Å²) in [7, 11) is 0. The van der Waals surface area contributed by atoms with Gasteiger partial charge in [0.2, 0.25) is 5.91 Å². The second-order valence-electron chi connectivity index (χ2n) is 4.84. The van der Waals surface area contributed by atoms with Crippen LogP contribution < -0.4 is 11.1 Å². The van der Waals surface area contributed by atoms with Crippen molar-refractivity contribution in [2.45, 2.75) is 52.3 Å². The zero-order chi connectivity index (χ0) is 11.6. The van der Waals surface area contributed by atoms with Crippen molar-refractivity contribution in [2.75, 3.05) is 6.61 Å². The van der Waals surface area contributed by atoms with Gasteiger partial charge in [0.15, 0.2) is 0 Å². The van der Waals surface area contributed by atoms with Gasteiger partial charge in [0, 0.05) is 18.1 Å². The Kier molecular flexibility index (Phi) is 3.73. The number of ether oxygens (including phenoxy) is 1. The highest BCUT2D eigenvalue weighted by Gasteiger charge is 2.49. The van der Waals surface area contributed by atoms with Gasteiger partial charge in [-0.25, -0.2) is 0 Å². The maximum absolute atomic E-state index is 10.9. The molecule has 1 aliphatic carbocycles. The third-order valence-corrected chi connectivity index (χ3v) is 3.42. The lowest BCUT2D eigenvalue weighted by molar-refractivity contribution is -0.128. The summed E-state index contributed by atoms with van der Waals surface area (Å²) in [5, 5.41) is 3.24. The van der Waals surface area contributed by atoms with Gasteiger partial charge in [-0.15, -0.1) is 0 Å². The van der Waals surface area contributed by atoms with E-state index in [2.05, 4.69) is 19.2 Å². The molecule has 1 aliphatic rings. The van der Waals surface area contributed by atoms with Crippen molar-refractivity contribution >= 4 is 5.91 Å². The van der Waals surface area contributed by atoms with Crippen LogP contribution in [0.3, 0.4) is 0 Å². The average molecular weight is 214 g/mol. The molecule has 0 heterocycles. The van der Waals surface area contributed by atoms with E-state index >= 15 is 0 Å². The van der Waals surface area contributed by atoms with E-state index in [0.717, 1.165) is 13.0 Å².